The van der Waals surface area contributed by atoms with Crippen molar-refractivity contribution in [3.05, 3.63) is 40.7 Å². The van der Waals surface area contributed by atoms with E-state index in [4.69, 9.17) is 11.6 Å². The molecule has 0 aliphatic carbocycles. The van der Waals surface area contributed by atoms with Gasteiger partial charge in [-0.25, -0.2) is 4.68 Å². The lowest BCUT2D eigenvalue weighted by Gasteiger charge is -2.14. The van der Waals surface area contributed by atoms with Gasteiger partial charge in [0.15, 0.2) is 5.69 Å². The van der Waals surface area contributed by atoms with E-state index < -0.39 is 0 Å². The maximum absolute atomic E-state index is 12.3. The molecule has 1 saturated heterocycles. The summed E-state index contributed by atoms with van der Waals surface area (Å²) in [6.45, 7) is 5.61. The topological polar surface area (TPSA) is 63.1 Å². The number of amides is 1. The standard InChI is InChI=1S/C16H20ClN5O/c1-12-15(16(23)18-8-11-21-9-2-3-10-21)19-20-22(12)14-6-4-13(17)5-7-14/h4-7H,2-3,8-11H2,1H3,(H,18,23). The number of rotatable bonds is 5. The first-order valence-electron chi connectivity index (χ1n) is 7.84. The summed E-state index contributed by atoms with van der Waals surface area (Å²) in [7, 11) is 0. The molecule has 6 nitrogen and oxygen atoms in total. The monoisotopic (exact) mass is 333 g/mol. The Morgan fingerprint density at radius 3 is 2.65 bits per heavy atom. The van der Waals surface area contributed by atoms with E-state index in [0.717, 1.165) is 25.3 Å². The molecule has 0 bridgehead atoms. The van der Waals surface area contributed by atoms with E-state index >= 15 is 0 Å². The van der Waals surface area contributed by atoms with Crippen LogP contribution >= 0.6 is 11.6 Å². The Hall–Kier alpha value is -1.92. The van der Waals surface area contributed by atoms with Crippen LogP contribution in [0.4, 0.5) is 0 Å². The van der Waals surface area contributed by atoms with Gasteiger partial charge in [-0.3, -0.25) is 4.79 Å². The van der Waals surface area contributed by atoms with Gasteiger partial charge in [0.25, 0.3) is 5.91 Å². The summed E-state index contributed by atoms with van der Waals surface area (Å²) < 4.78 is 1.64. The molecule has 0 radical (unpaired) electrons. The normalized spacial score (nSPS) is 15.0. The van der Waals surface area contributed by atoms with Crippen molar-refractivity contribution in [1.29, 1.82) is 0 Å². The fourth-order valence-electron chi connectivity index (χ4n) is 2.78. The Kier molecular flexibility index (Phi) is 4.93. The van der Waals surface area contributed by atoms with E-state index in [1.54, 1.807) is 16.8 Å². The Bertz CT molecular complexity index is 676. The van der Waals surface area contributed by atoms with Crippen LogP contribution < -0.4 is 5.32 Å². The molecule has 1 aromatic heterocycles. The molecule has 122 valence electrons. The van der Waals surface area contributed by atoms with Gasteiger partial charge in [-0.15, -0.1) is 5.10 Å². The van der Waals surface area contributed by atoms with Crippen LogP contribution in [-0.4, -0.2) is 52.0 Å². The molecular weight excluding hydrogens is 314 g/mol. The summed E-state index contributed by atoms with van der Waals surface area (Å²) in [4.78, 5) is 14.6. The number of carbonyl (C=O) groups excluding carboxylic acids is 1. The smallest absolute Gasteiger partial charge is 0.273 e. The number of hydrogen-bond acceptors (Lipinski definition) is 4. The summed E-state index contributed by atoms with van der Waals surface area (Å²) >= 11 is 5.89. The molecular formula is C16H20ClN5O. The van der Waals surface area contributed by atoms with Crippen molar-refractivity contribution in [1.82, 2.24) is 25.2 Å². The average Bonchev–Trinajstić information content (AvgIpc) is 3.18. The first-order chi connectivity index (χ1) is 11.1. The quantitative estimate of drug-likeness (QED) is 0.909. The summed E-state index contributed by atoms with van der Waals surface area (Å²) in [6.07, 6.45) is 2.50. The third-order valence-electron chi connectivity index (χ3n) is 4.09. The summed E-state index contributed by atoms with van der Waals surface area (Å²) in [5.41, 5.74) is 1.91. The molecule has 0 saturated carbocycles. The van der Waals surface area contributed by atoms with Crippen molar-refractivity contribution in [2.24, 2.45) is 0 Å². The number of nitrogens with one attached hydrogen (secondary N) is 1. The van der Waals surface area contributed by atoms with Crippen molar-refractivity contribution >= 4 is 17.5 Å². The second-order valence-electron chi connectivity index (χ2n) is 5.72. The number of halogens is 1. The van der Waals surface area contributed by atoms with E-state index in [1.165, 1.54) is 12.8 Å². The Morgan fingerprint density at radius 2 is 1.96 bits per heavy atom. The zero-order valence-electron chi connectivity index (χ0n) is 13.1. The van der Waals surface area contributed by atoms with Crippen molar-refractivity contribution in [2.75, 3.05) is 26.2 Å². The predicted octanol–water partition coefficient (Wildman–Crippen LogP) is 2.05. The number of benzene rings is 1. The minimum atomic E-state index is -0.179. The van der Waals surface area contributed by atoms with Crippen LogP contribution in [0.25, 0.3) is 5.69 Å². The minimum absolute atomic E-state index is 0.179. The van der Waals surface area contributed by atoms with Crippen molar-refractivity contribution in [3.8, 4) is 5.69 Å². The van der Waals surface area contributed by atoms with Crippen molar-refractivity contribution in [3.63, 3.8) is 0 Å². The SMILES string of the molecule is Cc1c(C(=O)NCCN2CCCC2)nnn1-c1ccc(Cl)cc1. The molecule has 1 aliphatic rings. The maximum atomic E-state index is 12.3. The highest BCUT2D eigenvalue weighted by Crippen LogP contribution is 2.15. The van der Waals surface area contributed by atoms with E-state index in [2.05, 4.69) is 20.5 Å². The molecule has 1 aromatic carbocycles. The first kappa shape index (κ1) is 16.0. The van der Waals surface area contributed by atoms with Crippen molar-refractivity contribution in [2.45, 2.75) is 19.8 Å². The minimum Gasteiger partial charge on any atom is -0.349 e. The van der Waals surface area contributed by atoms with Crippen LogP contribution in [0.3, 0.4) is 0 Å². The van der Waals surface area contributed by atoms with E-state index in [1.807, 2.05) is 19.1 Å². The highest BCUT2D eigenvalue weighted by molar-refractivity contribution is 6.30. The zero-order chi connectivity index (χ0) is 16.2. The lowest BCUT2D eigenvalue weighted by atomic mass is 10.3. The number of likely N-dealkylation sites (tertiary alicyclic amines) is 1. The summed E-state index contributed by atoms with van der Waals surface area (Å²) in [5, 5.41) is 11.7. The van der Waals surface area contributed by atoms with Gasteiger partial charge in [0.2, 0.25) is 0 Å². The maximum Gasteiger partial charge on any atom is 0.273 e. The third-order valence-corrected chi connectivity index (χ3v) is 4.35. The molecule has 23 heavy (non-hydrogen) atoms. The van der Waals surface area contributed by atoms with E-state index in [0.29, 0.717) is 23.0 Å². The Morgan fingerprint density at radius 1 is 1.26 bits per heavy atom. The largest absolute Gasteiger partial charge is 0.349 e. The molecule has 0 unspecified atom stereocenters. The van der Waals surface area contributed by atoms with Gasteiger partial charge >= 0.3 is 0 Å². The molecule has 1 N–H and O–H groups in total. The number of aromatic nitrogens is 3. The number of hydrogen-bond donors (Lipinski definition) is 1. The van der Waals surface area contributed by atoms with E-state index in [-0.39, 0.29) is 5.91 Å². The van der Waals surface area contributed by atoms with Gasteiger partial charge in [-0.2, -0.15) is 0 Å². The fourth-order valence-corrected chi connectivity index (χ4v) is 2.91. The van der Waals surface area contributed by atoms with Gasteiger partial charge < -0.3 is 10.2 Å². The highest BCUT2D eigenvalue weighted by Gasteiger charge is 2.18. The zero-order valence-corrected chi connectivity index (χ0v) is 13.9. The Labute approximate surface area is 140 Å². The summed E-state index contributed by atoms with van der Waals surface area (Å²) in [6, 6.07) is 7.26. The molecule has 2 heterocycles. The molecule has 2 aromatic rings. The first-order valence-corrected chi connectivity index (χ1v) is 8.22. The summed E-state index contributed by atoms with van der Waals surface area (Å²) in [5.74, 6) is -0.179. The van der Waals surface area contributed by atoms with Crippen LogP contribution in [0.1, 0.15) is 29.0 Å². The van der Waals surface area contributed by atoms with Crippen LogP contribution in [-0.2, 0) is 0 Å². The molecule has 3 rings (SSSR count). The average molecular weight is 334 g/mol. The van der Waals surface area contributed by atoms with Gasteiger partial charge in [-0.05, 0) is 57.1 Å². The van der Waals surface area contributed by atoms with Gasteiger partial charge in [0, 0.05) is 18.1 Å². The second-order valence-corrected chi connectivity index (χ2v) is 6.15. The Balaban J connectivity index is 1.63. The molecule has 1 amide bonds. The van der Waals surface area contributed by atoms with Gasteiger partial charge in [0.1, 0.15) is 0 Å². The molecule has 1 fully saturated rings. The predicted molar refractivity (Wildman–Crippen MR) is 89.1 cm³/mol. The molecule has 0 atom stereocenters. The second kappa shape index (κ2) is 7.10. The molecule has 1 aliphatic heterocycles. The van der Waals surface area contributed by atoms with Crippen LogP contribution in [0.15, 0.2) is 24.3 Å². The lowest BCUT2D eigenvalue weighted by Crippen LogP contribution is -2.33. The van der Waals surface area contributed by atoms with Crippen molar-refractivity contribution < 1.29 is 4.79 Å². The third kappa shape index (κ3) is 3.71. The number of nitrogens with zero attached hydrogens (tertiary/aromatic N) is 4. The van der Waals surface area contributed by atoms with Crippen LogP contribution in [0, 0.1) is 6.92 Å². The van der Waals surface area contributed by atoms with Crippen LogP contribution in [0.5, 0.6) is 0 Å². The van der Waals surface area contributed by atoms with E-state index in [9.17, 15) is 4.79 Å². The number of carbonyl (C=O) groups is 1. The lowest BCUT2D eigenvalue weighted by molar-refractivity contribution is 0.0944. The molecule has 7 heteroatoms. The molecule has 0 spiro atoms. The fraction of sp³-hybridized carbons (Fsp3) is 0.438. The van der Waals surface area contributed by atoms with Crippen LogP contribution in [0.2, 0.25) is 5.02 Å². The van der Waals surface area contributed by atoms with Gasteiger partial charge in [0.05, 0.1) is 11.4 Å². The highest BCUT2D eigenvalue weighted by atomic mass is 35.5. The van der Waals surface area contributed by atoms with Gasteiger partial charge in [-0.1, -0.05) is 16.8 Å².